The molecule has 0 radical (unpaired) electrons. The molecule has 1 aromatic rings. The largest absolute Gasteiger partial charge is 0.392 e. The summed E-state index contributed by atoms with van der Waals surface area (Å²) in [7, 11) is -3.36. The predicted molar refractivity (Wildman–Crippen MR) is 60.0 cm³/mol. The van der Waals surface area contributed by atoms with Crippen molar-refractivity contribution in [2.24, 2.45) is 0 Å². The minimum absolute atomic E-state index is 0.114. The Bertz CT molecular complexity index is 440. The van der Waals surface area contributed by atoms with Gasteiger partial charge in [0.1, 0.15) is 0 Å². The van der Waals surface area contributed by atoms with E-state index in [1.165, 1.54) is 6.08 Å². The SMILES string of the molecule is C=CCS(=O)(=O)Nc1cccc(CO)c1. The second-order valence-electron chi connectivity index (χ2n) is 3.03. The van der Waals surface area contributed by atoms with E-state index in [1.807, 2.05) is 0 Å². The minimum atomic E-state index is -3.36. The van der Waals surface area contributed by atoms with Gasteiger partial charge in [-0.2, -0.15) is 0 Å². The summed E-state index contributed by atoms with van der Waals surface area (Å²) in [6.45, 7) is 3.25. The molecule has 0 heterocycles. The van der Waals surface area contributed by atoms with Gasteiger partial charge in [-0.05, 0) is 17.7 Å². The fourth-order valence-electron chi connectivity index (χ4n) is 1.11. The van der Waals surface area contributed by atoms with Gasteiger partial charge in [0.25, 0.3) is 0 Å². The summed E-state index contributed by atoms with van der Waals surface area (Å²) in [4.78, 5) is 0. The standard InChI is InChI=1S/C10H13NO3S/c1-2-6-15(13,14)11-10-5-3-4-9(7-10)8-12/h2-5,7,11-12H,1,6,8H2. The maximum atomic E-state index is 11.4. The highest BCUT2D eigenvalue weighted by Crippen LogP contribution is 2.12. The van der Waals surface area contributed by atoms with Crippen molar-refractivity contribution in [2.45, 2.75) is 6.61 Å². The fraction of sp³-hybridized carbons (Fsp3) is 0.200. The molecule has 0 aliphatic carbocycles. The lowest BCUT2D eigenvalue weighted by Crippen LogP contribution is -2.15. The van der Waals surface area contributed by atoms with Crippen LogP contribution in [0.5, 0.6) is 0 Å². The molecule has 0 bridgehead atoms. The Morgan fingerprint density at radius 3 is 2.80 bits per heavy atom. The van der Waals surface area contributed by atoms with Gasteiger partial charge in [0.05, 0.1) is 12.4 Å². The Morgan fingerprint density at radius 2 is 2.20 bits per heavy atom. The lowest BCUT2D eigenvalue weighted by molar-refractivity contribution is 0.282. The van der Waals surface area contributed by atoms with E-state index >= 15 is 0 Å². The van der Waals surface area contributed by atoms with Crippen molar-refractivity contribution in [2.75, 3.05) is 10.5 Å². The smallest absolute Gasteiger partial charge is 0.236 e. The van der Waals surface area contributed by atoms with Crippen LogP contribution in [0.25, 0.3) is 0 Å². The number of rotatable bonds is 5. The van der Waals surface area contributed by atoms with Crippen molar-refractivity contribution in [3.63, 3.8) is 0 Å². The second-order valence-corrected chi connectivity index (χ2v) is 4.80. The van der Waals surface area contributed by atoms with Gasteiger partial charge in [-0.25, -0.2) is 8.42 Å². The third kappa shape index (κ3) is 3.73. The molecule has 0 atom stereocenters. The zero-order chi connectivity index (χ0) is 11.3. The average Bonchev–Trinajstić information content (AvgIpc) is 2.17. The second kappa shape index (κ2) is 4.95. The number of aliphatic hydroxyl groups is 1. The van der Waals surface area contributed by atoms with E-state index < -0.39 is 10.0 Å². The quantitative estimate of drug-likeness (QED) is 0.740. The first-order valence-electron chi connectivity index (χ1n) is 4.38. The number of benzene rings is 1. The predicted octanol–water partition coefficient (Wildman–Crippen LogP) is 1.11. The zero-order valence-corrected chi connectivity index (χ0v) is 9.00. The Hall–Kier alpha value is -1.33. The van der Waals surface area contributed by atoms with Gasteiger partial charge in [0.2, 0.25) is 10.0 Å². The molecule has 1 aromatic carbocycles. The van der Waals surface area contributed by atoms with E-state index in [-0.39, 0.29) is 12.4 Å². The maximum absolute atomic E-state index is 11.4. The molecule has 0 spiro atoms. The van der Waals surface area contributed by atoms with Gasteiger partial charge in [-0.3, -0.25) is 4.72 Å². The average molecular weight is 227 g/mol. The summed E-state index contributed by atoms with van der Waals surface area (Å²) in [5.74, 6) is -0.129. The van der Waals surface area contributed by atoms with Crippen LogP contribution < -0.4 is 4.72 Å². The minimum Gasteiger partial charge on any atom is -0.392 e. The van der Waals surface area contributed by atoms with Gasteiger partial charge in [0.15, 0.2) is 0 Å². The number of hydrogen-bond donors (Lipinski definition) is 2. The van der Waals surface area contributed by atoms with E-state index in [9.17, 15) is 8.42 Å². The van der Waals surface area contributed by atoms with Crippen LogP contribution in [0.15, 0.2) is 36.9 Å². The third-order valence-electron chi connectivity index (χ3n) is 1.72. The Kier molecular flexibility index (Phi) is 3.88. The van der Waals surface area contributed by atoms with Crippen LogP contribution in [0.4, 0.5) is 5.69 Å². The summed E-state index contributed by atoms with van der Waals surface area (Å²) in [6, 6.07) is 6.60. The van der Waals surface area contributed by atoms with E-state index in [2.05, 4.69) is 11.3 Å². The van der Waals surface area contributed by atoms with Crippen LogP contribution in [0, 0.1) is 0 Å². The monoisotopic (exact) mass is 227 g/mol. The first-order valence-corrected chi connectivity index (χ1v) is 6.04. The summed E-state index contributed by atoms with van der Waals surface area (Å²) >= 11 is 0. The molecule has 0 saturated carbocycles. The van der Waals surface area contributed by atoms with Gasteiger partial charge in [-0.15, -0.1) is 6.58 Å². The summed E-state index contributed by atoms with van der Waals surface area (Å²) < 4.78 is 25.1. The van der Waals surface area contributed by atoms with Crippen LogP contribution in [0.3, 0.4) is 0 Å². The van der Waals surface area contributed by atoms with E-state index in [4.69, 9.17) is 5.11 Å². The van der Waals surface area contributed by atoms with Crippen molar-refractivity contribution in [3.05, 3.63) is 42.5 Å². The number of nitrogens with one attached hydrogen (secondary N) is 1. The molecule has 0 amide bonds. The van der Waals surface area contributed by atoms with Crippen molar-refractivity contribution < 1.29 is 13.5 Å². The van der Waals surface area contributed by atoms with E-state index in [0.29, 0.717) is 11.3 Å². The highest BCUT2D eigenvalue weighted by Gasteiger charge is 2.07. The topological polar surface area (TPSA) is 66.4 Å². The van der Waals surface area contributed by atoms with E-state index in [1.54, 1.807) is 24.3 Å². The molecule has 2 N–H and O–H groups in total. The van der Waals surface area contributed by atoms with Crippen LogP contribution in [0.1, 0.15) is 5.56 Å². The number of hydrogen-bond acceptors (Lipinski definition) is 3. The maximum Gasteiger partial charge on any atom is 0.236 e. The van der Waals surface area contributed by atoms with Gasteiger partial charge in [0, 0.05) is 5.69 Å². The first-order chi connectivity index (χ1) is 7.07. The van der Waals surface area contributed by atoms with E-state index in [0.717, 1.165) is 0 Å². The molecule has 0 fully saturated rings. The number of aliphatic hydroxyl groups excluding tert-OH is 1. The normalized spacial score (nSPS) is 11.0. The highest BCUT2D eigenvalue weighted by atomic mass is 32.2. The first kappa shape index (κ1) is 11.7. The molecule has 15 heavy (non-hydrogen) atoms. The van der Waals surface area contributed by atoms with Gasteiger partial charge < -0.3 is 5.11 Å². The van der Waals surface area contributed by atoms with Crippen LogP contribution in [0.2, 0.25) is 0 Å². The summed E-state index contributed by atoms with van der Waals surface area (Å²) in [5, 5.41) is 8.87. The molecular formula is C10H13NO3S. The Balaban J connectivity index is 2.85. The number of anilines is 1. The third-order valence-corrected chi connectivity index (χ3v) is 2.94. The van der Waals surface area contributed by atoms with Crippen molar-refractivity contribution in [1.29, 1.82) is 0 Å². The van der Waals surface area contributed by atoms with Crippen LogP contribution in [-0.4, -0.2) is 19.3 Å². The molecule has 0 aliphatic heterocycles. The highest BCUT2D eigenvalue weighted by molar-refractivity contribution is 7.92. The van der Waals surface area contributed by atoms with Gasteiger partial charge in [-0.1, -0.05) is 18.2 Å². The number of sulfonamides is 1. The lowest BCUT2D eigenvalue weighted by Gasteiger charge is -2.06. The molecule has 0 aromatic heterocycles. The molecule has 0 unspecified atom stereocenters. The fourth-order valence-corrected chi connectivity index (χ4v) is 1.99. The molecule has 5 heteroatoms. The van der Waals surface area contributed by atoms with Crippen LogP contribution in [-0.2, 0) is 16.6 Å². The molecule has 4 nitrogen and oxygen atoms in total. The zero-order valence-electron chi connectivity index (χ0n) is 8.18. The Morgan fingerprint density at radius 1 is 1.47 bits per heavy atom. The molecular weight excluding hydrogens is 214 g/mol. The Labute approximate surface area is 89.3 Å². The molecule has 82 valence electrons. The van der Waals surface area contributed by atoms with Crippen LogP contribution >= 0.6 is 0 Å². The summed E-state index contributed by atoms with van der Waals surface area (Å²) in [5.41, 5.74) is 1.11. The summed E-state index contributed by atoms with van der Waals surface area (Å²) in [6.07, 6.45) is 1.32. The lowest BCUT2D eigenvalue weighted by atomic mass is 10.2. The molecule has 1 rings (SSSR count). The van der Waals surface area contributed by atoms with Crippen molar-refractivity contribution in [1.82, 2.24) is 0 Å². The van der Waals surface area contributed by atoms with Crippen molar-refractivity contribution in [3.8, 4) is 0 Å². The molecule has 0 aliphatic rings. The van der Waals surface area contributed by atoms with Crippen molar-refractivity contribution >= 4 is 15.7 Å². The van der Waals surface area contributed by atoms with Gasteiger partial charge >= 0.3 is 0 Å². The molecule has 0 saturated heterocycles.